The minimum Gasteiger partial charge on any atom is -0.396 e. The molecule has 21 heavy (non-hydrogen) atoms. The highest BCUT2D eigenvalue weighted by Gasteiger charge is 2.33. The molecule has 0 saturated carbocycles. The third-order valence-electron chi connectivity index (χ3n) is 2.94. The van der Waals surface area contributed by atoms with Gasteiger partial charge >= 0.3 is 6.18 Å². The van der Waals surface area contributed by atoms with Gasteiger partial charge in [-0.3, -0.25) is 0 Å². The molecule has 0 bridgehead atoms. The van der Waals surface area contributed by atoms with Crippen LogP contribution in [-0.4, -0.2) is 26.7 Å². The van der Waals surface area contributed by atoms with Crippen LogP contribution in [-0.2, 0) is 22.0 Å². The summed E-state index contributed by atoms with van der Waals surface area (Å²) in [6, 6.07) is 4.60. The molecule has 0 aliphatic rings. The quantitative estimate of drug-likeness (QED) is 0.807. The topological polar surface area (TPSA) is 66.4 Å². The zero-order chi connectivity index (χ0) is 16.1. The number of hydrogen-bond donors (Lipinski definition) is 2. The molecule has 4 nitrogen and oxygen atoms in total. The van der Waals surface area contributed by atoms with Crippen LogP contribution in [0.25, 0.3) is 0 Å². The first kappa shape index (κ1) is 17.9. The Kier molecular flexibility index (Phi) is 6.18. The van der Waals surface area contributed by atoms with Crippen LogP contribution in [0.1, 0.15) is 24.5 Å². The zero-order valence-electron chi connectivity index (χ0n) is 11.5. The van der Waals surface area contributed by atoms with Gasteiger partial charge in [0.15, 0.2) is 0 Å². The Bertz CT molecular complexity index is 558. The number of rotatable bonds is 7. The van der Waals surface area contributed by atoms with E-state index in [1.807, 2.05) is 0 Å². The first-order valence-corrected chi connectivity index (χ1v) is 8.04. The summed E-state index contributed by atoms with van der Waals surface area (Å²) in [7, 11) is -3.86. The Balaban J connectivity index is 2.81. The number of alkyl halides is 3. The molecule has 0 heterocycles. The lowest BCUT2D eigenvalue weighted by molar-refractivity contribution is -0.138. The van der Waals surface area contributed by atoms with Crippen LogP contribution in [0.5, 0.6) is 0 Å². The Labute approximate surface area is 122 Å². The summed E-state index contributed by atoms with van der Waals surface area (Å²) < 4.78 is 64.3. The smallest absolute Gasteiger partial charge is 0.396 e. The number of aliphatic hydroxyl groups excluding tert-OH is 1. The third kappa shape index (κ3) is 6.03. The Morgan fingerprint density at radius 3 is 2.48 bits per heavy atom. The van der Waals surface area contributed by atoms with Crippen molar-refractivity contribution in [2.45, 2.75) is 25.3 Å². The van der Waals surface area contributed by atoms with Gasteiger partial charge in [0.05, 0.1) is 11.3 Å². The molecule has 1 rings (SSSR count). The summed E-state index contributed by atoms with van der Waals surface area (Å²) in [6.07, 6.45) is -4.17. The molecule has 1 aromatic carbocycles. The van der Waals surface area contributed by atoms with E-state index in [0.717, 1.165) is 12.1 Å². The number of halogens is 3. The molecule has 0 aromatic heterocycles. The summed E-state index contributed by atoms with van der Waals surface area (Å²) in [5.41, 5.74) is -1.23. The molecule has 0 amide bonds. The van der Waals surface area contributed by atoms with Crippen molar-refractivity contribution in [2.24, 2.45) is 5.92 Å². The zero-order valence-corrected chi connectivity index (χ0v) is 12.3. The molecule has 1 unspecified atom stereocenters. The normalized spacial score (nSPS) is 14.1. The summed E-state index contributed by atoms with van der Waals surface area (Å²) >= 11 is 0. The average Bonchev–Trinajstić information content (AvgIpc) is 2.36. The lowest BCUT2D eigenvalue weighted by Gasteiger charge is -2.15. The van der Waals surface area contributed by atoms with Crippen molar-refractivity contribution in [3.63, 3.8) is 0 Å². The van der Waals surface area contributed by atoms with Gasteiger partial charge in [-0.25, -0.2) is 13.1 Å². The van der Waals surface area contributed by atoms with Crippen LogP contribution in [0, 0.1) is 5.92 Å². The van der Waals surface area contributed by atoms with Gasteiger partial charge in [-0.1, -0.05) is 25.1 Å². The Morgan fingerprint density at radius 2 is 1.90 bits per heavy atom. The second-order valence-corrected chi connectivity index (χ2v) is 6.69. The van der Waals surface area contributed by atoms with Gasteiger partial charge in [-0.15, -0.1) is 0 Å². The van der Waals surface area contributed by atoms with Crippen LogP contribution < -0.4 is 4.72 Å². The number of hydrogen-bond acceptors (Lipinski definition) is 3. The van der Waals surface area contributed by atoms with Gasteiger partial charge in [0.2, 0.25) is 10.0 Å². The van der Waals surface area contributed by atoms with Crippen molar-refractivity contribution in [3.8, 4) is 0 Å². The maximum atomic E-state index is 12.8. The van der Waals surface area contributed by atoms with Crippen molar-refractivity contribution in [1.29, 1.82) is 0 Å². The number of nitrogens with one attached hydrogen (secondary N) is 1. The van der Waals surface area contributed by atoms with Gasteiger partial charge in [-0.2, -0.15) is 13.2 Å². The Hall–Kier alpha value is -1.12. The fraction of sp³-hybridized carbons (Fsp3) is 0.538. The first-order chi connectivity index (χ1) is 9.65. The van der Waals surface area contributed by atoms with Gasteiger partial charge < -0.3 is 5.11 Å². The van der Waals surface area contributed by atoms with E-state index in [9.17, 15) is 21.6 Å². The van der Waals surface area contributed by atoms with Crippen LogP contribution in [0.4, 0.5) is 13.2 Å². The monoisotopic (exact) mass is 325 g/mol. The van der Waals surface area contributed by atoms with E-state index in [1.54, 1.807) is 6.92 Å². The molecule has 0 fully saturated rings. The van der Waals surface area contributed by atoms with Crippen LogP contribution in [0.3, 0.4) is 0 Å². The third-order valence-corrected chi connectivity index (χ3v) is 4.24. The standard InChI is InChI=1S/C13H18F3NO3S/c1-10(6-7-18)8-17-21(19,20)9-11-4-2-3-5-12(11)13(14,15)16/h2-5,10,17-18H,6-9H2,1H3. The average molecular weight is 325 g/mol. The molecule has 0 aliphatic heterocycles. The highest BCUT2D eigenvalue weighted by molar-refractivity contribution is 7.88. The molecule has 120 valence electrons. The minimum absolute atomic E-state index is 0.0696. The summed E-state index contributed by atoms with van der Waals surface area (Å²) in [5.74, 6) is -0.822. The molecule has 8 heteroatoms. The van der Waals surface area contributed by atoms with Crippen molar-refractivity contribution in [3.05, 3.63) is 35.4 Å². The lowest BCUT2D eigenvalue weighted by Crippen LogP contribution is -2.30. The van der Waals surface area contributed by atoms with Crippen molar-refractivity contribution < 1.29 is 26.7 Å². The van der Waals surface area contributed by atoms with E-state index >= 15 is 0 Å². The summed E-state index contributed by atoms with van der Waals surface area (Å²) in [5, 5.41) is 8.73. The van der Waals surface area contributed by atoms with Crippen LogP contribution >= 0.6 is 0 Å². The first-order valence-electron chi connectivity index (χ1n) is 6.39. The Morgan fingerprint density at radius 1 is 1.29 bits per heavy atom. The molecule has 0 spiro atoms. The molecule has 0 aliphatic carbocycles. The van der Waals surface area contributed by atoms with Crippen LogP contribution in [0.2, 0.25) is 0 Å². The van der Waals surface area contributed by atoms with Gasteiger partial charge in [0, 0.05) is 13.2 Å². The second kappa shape index (κ2) is 7.24. The molecule has 1 atom stereocenters. The number of benzene rings is 1. The molecule has 0 saturated heterocycles. The maximum absolute atomic E-state index is 12.8. The molecular formula is C13H18F3NO3S. The van der Waals surface area contributed by atoms with E-state index in [1.165, 1.54) is 12.1 Å². The van der Waals surface area contributed by atoms with Gasteiger partial charge in [-0.05, 0) is 24.0 Å². The summed E-state index contributed by atoms with van der Waals surface area (Å²) in [6.45, 7) is 1.75. The SMILES string of the molecule is CC(CCO)CNS(=O)(=O)Cc1ccccc1C(F)(F)F. The minimum atomic E-state index is -4.59. The fourth-order valence-electron chi connectivity index (χ4n) is 1.77. The van der Waals surface area contributed by atoms with E-state index in [0.29, 0.717) is 6.42 Å². The molecule has 0 radical (unpaired) electrons. The van der Waals surface area contributed by atoms with E-state index < -0.39 is 27.5 Å². The maximum Gasteiger partial charge on any atom is 0.416 e. The predicted molar refractivity (Wildman–Crippen MR) is 72.9 cm³/mol. The highest BCUT2D eigenvalue weighted by atomic mass is 32.2. The van der Waals surface area contributed by atoms with Crippen molar-refractivity contribution in [1.82, 2.24) is 4.72 Å². The summed E-state index contributed by atoms with van der Waals surface area (Å²) in [4.78, 5) is 0. The van der Waals surface area contributed by atoms with Crippen LogP contribution in [0.15, 0.2) is 24.3 Å². The van der Waals surface area contributed by atoms with E-state index in [2.05, 4.69) is 4.72 Å². The predicted octanol–water partition coefficient (Wildman–Crippen LogP) is 2.14. The fourth-order valence-corrected chi connectivity index (χ4v) is 3.07. The van der Waals surface area contributed by atoms with E-state index in [-0.39, 0.29) is 24.6 Å². The number of sulfonamides is 1. The second-order valence-electron chi connectivity index (χ2n) is 4.88. The van der Waals surface area contributed by atoms with Gasteiger partial charge in [0.25, 0.3) is 0 Å². The highest BCUT2D eigenvalue weighted by Crippen LogP contribution is 2.32. The number of aliphatic hydroxyl groups is 1. The van der Waals surface area contributed by atoms with Crippen molar-refractivity contribution >= 4 is 10.0 Å². The molecular weight excluding hydrogens is 307 g/mol. The molecule has 1 aromatic rings. The van der Waals surface area contributed by atoms with Crippen molar-refractivity contribution in [2.75, 3.05) is 13.2 Å². The molecule has 2 N–H and O–H groups in total. The lowest BCUT2D eigenvalue weighted by atomic mass is 10.1. The largest absolute Gasteiger partial charge is 0.416 e. The van der Waals surface area contributed by atoms with Gasteiger partial charge in [0.1, 0.15) is 0 Å². The van der Waals surface area contributed by atoms with E-state index in [4.69, 9.17) is 5.11 Å².